The average molecular weight is 291 g/mol. The van der Waals surface area contributed by atoms with Gasteiger partial charge in [-0.3, -0.25) is 0 Å². The summed E-state index contributed by atoms with van der Waals surface area (Å²) in [6, 6.07) is 18.8. The molecule has 0 aliphatic carbocycles. The van der Waals surface area contributed by atoms with Gasteiger partial charge < -0.3 is 5.32 Å². The first-order chi connectivity index (χ1) is 10.3. The third-order valence-electron chi connectivity index (χ3n) is 3.45. The van der Waals surface area contributed by atoms with E-state index in [-0.39, 0.29) is 0 Å². The molecule has 0 unspecified atom stereocenters. The van der Waals surface area contributed by atoms with E-state index in [0.29, 0.717) is 0 Å². The normalized spacial score (nSPS) is 11.1. The lowest BCUT2D eigenvalue weighted by Gasteiger charge is -2.05. The van der Waals surface area contributed by atoms with Crippen LogP contribution in [0.3, 0.4) is 0 Å². The van der Waals surface area contributed by atoms with Crippen molar-refractivity contribution in [1.29, 1.82) is 0 Å². The van der Waals surface area contributed by atoms with Crippen LogP contribution in [0.15, 0.2) is 54.6 Å². The van der Waals surface area contributed by atoms with E-state index in [0.717, 1.165) is 17.2 Å². The second kappa shape index (κ2) is 4.82. The molecule has 0 fully saturated rings. The Morgan fingerprint density at radius 1 is 0.857 bits per heavy atom. The Morgan fingerprint density at radius 3 is 2.57 bits per heavy atom. The summed E-state index contributed by atoms with van der Waals surface area (Å²) in [4.78, 5) is 0. The summed E-state index contributed by atoms with van der Waals surface area (Å²) in [5, 5.41) is 14.1. The quantitative estimate of drug-likeness (QED) is 0.571. The monoisotopic (exact) mass is 291 g/mol. The third-order valence-corrected chi connectivity index (χ3v) is 4.60. The zero-order valence-electron chi connectivity index (χ0n) is 11.5. The van der Waals surface area contributed by atoms with Gasteiger partial charge in [-0.05, 0) is 43.3 Å². The fourth-order valence-electron chi connectivity index (χ4n) is 2.42. The van der Waals surface area contributed by atoms with Gasteiger partial charge in [-0.1, -0.05) is 18.2 Å². The zero-order valence-corrected chi connectivity index (χ0v) is 12.3. The van der Waals surface area contributed by atoms with Crippen molar-refractivity contribution < 1.29 is 0 Å². The number of hydrogen-bond donors (Lipinski definition) is 1. The minimum absolute atomic E-state index is 0.763. The minimum Gasteiger partial charge on any atom is -0.339 e. The van der Waals surface area contributed by atoms with Crippen LogP contribution in [0.1, 0.15) is 5.69 Å². The van der Waals surface area contributed by atoms with Gasteiger partial charge in [0.05, 0.1) is 5.69 Å². The molecule has 2 aromatic carbocycles. The molecule has 21 heavy (non-hydrogen) atoms. The largest absolute Gasteiger partial charge is 0.339 e. The standard InChI is InChI=1S/C17H13N3S/c1-11-6-9-17(20-19-11)18-12-7-8-16-14(10-12)13-4-2-3-5-15(13)21-16/h2-10H,1H3,(H,18,20). The number of benzene rings is 2. The fourth-order valence-corrected chi connectivity index (χ4v) is 3.50. The van der Waals surface area contributed by atoms with Gasteiger partial charge in [-0.25, -0.2) is 0 Å². The van der Waals surface area contributed by atoms with Crippen LogP contribution in [-0.4, -0.2) is 10.2 Å². The number of nitrogens with zero attached hydrogens (tertiary/aromatic N) is 2. The second-order valence-electron chi connectivity index (χ2n) is 4.99. The third kappa shape index (κ3) is 2.23. The molecule has 102 valence electrons. The Balaban J connectivity index is 1.79. The van der Waals surface area contributed by atoms with Gasteiger partial charge in [0.1, 0.15) is 0 Å². The number of rotatable bonds is 2. The van der Waals surface area contributed by atoms with Crippen molar-refractivity contribution in [3.63, 3.8) is 0 Å². The van der Waals surface area contributed by atoms with Crippen molar-refractivity contribution in [1.82, 2.24) is 10.2 Å². The summed E-state index contributed by atoms with van der Waals surface area (Å²) >= 11 is 1.82. The summed E-state index contributed by atoms with van der Waals surface area (Å²) in [5.41, 5.74) is 1.95. The highest BCUT2D eigenvalue weighted by Gasteiger charge is 2.05. The molecule has 2 aromatic heterocycles. The highest BCUT2D eigenvalue weighted by Crippen LogP contribution is 2.35. The molecule has 0 aliphatic rings. The van der Waals surface area contributed by atoms with Crippen molar-refractivity contribution >= 4 is 43.0 Å². The highest BCUT2D eigenvalue weighted by molar-refractivity contribution is 7.25. The molecule has 0 spiro atoms. The van der Waals surface area contributed by atoms with Gasteiger partial charge >= 0.3 is 0 Å². The number of fused-ring (bicyclic) bond motifs is 3. The van der Waals surface area contributed by atoms with E-state index in [9.17, 15) is 0 Å². The van der Waals surface area contributed by atoms with Gasteiger partial charge in [0.2, 0.25) is 0 Å². The van der Waals surface area contributed by atoms with E-state index in [1.54, 1.807) is 0 Å². The summed E-state index contributed by atoms with van der Waals surface area (Å²) in [7, 11) is 0. The Kier molecular flexibility index (Phi) is 2.82. The predicted molar refractivity (Wildman–Crippen MR) is 89.4 cm³/mol. The molecule has 4 aromatic rings. The number of hydrogen-bond acceptors (Lipinski definition) is 4. The van der Waals surface area contributed by atoms with Crippen molar-refractivity contribution in [2.24, 2.45) is 0 Å². The number of aryl methyl sites for hydroxylation is 1. The lowest BCUT2D eigenvalue weighted by atomic mass is 10.1. The number of anilines is 2. The number of thiophene rings is 1. The zero-order chi connectivity index (χ0) is 14.2. The molecule has 0 atom stereocenters. The molecule has 4 rings (SSSR count). The summed E-state index contributed by atoms with van der Waals surface area (Å²) in [6.07, 6.45) is 0. The molecule has 0 saturated carbocycles. The summed E-state index contributed by atoms with van der Waals surface area (Å²) in [5.74, 6) is 0.763. The molecule has 0 bridgehead atoms. The number of nitrogens with one attached hydrogen (secondary N) is 1. The van der Waals surface area contributed by atoms with Crippen LogP contribution in [0.2, 0.25) is 0 Å². The van der Waals surface area contributed by atoms with Crippen molar-refractivity contribution in [3.8, 4) is 0 Å². The molecule has 1 N–H and O–H groups in total. The minimum atomic E-state index is 0.763. The van der Waals surface area contributed by atoms with E-state index in [2.05, 4.69) is 58.0 Å². The van der Waals surface area contributed by atoms with Crippen LogP contribution < -0.4 is 5.32 Å². The Labute approximate surface area is 126 Å². The summed E-state index contributed by atoms with van der Waals surface area (Å²) < 4.78 is 2.62. The van der Waals surface area contributed by atoms with Crippen LogP contribution in [-0.2, 0) is 0 Å². The van der Waals surface area contributed by atoms with Crippen molar-refractivity contribution in [3.05, 3.63) is 60.3 Å². The average Bonchev–Trinajstić information content (AvgIpc) is 2.88. The maximum atomic E-state index is 4.15. The molecule has 2 heterocycles. The Bertz CT molecular complexity index is 926. The lowest BCUT2D eigenvalue weighted by Crippen LogP contribution is -1.95. The fraction of sp³-hybridized carbons (Fsp3) is 0.0588. The van der Waals surface area contributed by atoms with Crippen molar-refractivity contribution in [2.75, 3.05) is 5.32 Å². The van der Waals surface area contributed by atoms with E-state index in [1.165, 1.54) is 20.2 Å². The van der Waals surface area contributed by atoms with Gasteiger partial charge in [0, 0.05) is 25.9 Å². The van der Waals surface area contributed by atoms with Gasteiger partial charge in [0.25, 0.3) is 0 Å². The van der Waals surface area contributed by atoms with Crippen LogP contribution in [0, 0.1) is 6.92 Å². The van der Waals surface area contributed by atoms with Gasteiger partial charge in [0.15, 0.2) is 5.82 Å². The van der Waals surface area contributed by atoms with Gasteiger partial charge in [-0.15, -0.1) is 16.4 Å². The number of aromatic nitrogens is 2. The molecule has 0 saturated heterocycles. The first-order valence-corrected chi connectivity index (χ1v) is 7.60. The van der Waals surface area contributed by atoms with Crippen molar-refractivity contribution in [2.45, 2.75) is 6.92 Å². The van der Waals surface area contributed by atoms with Crippen LogP contribution >= 0.6 is 11.3 Å². The van der Waals surface area contributed by atoms with E-state index in [1.807, 2.05) is 30.4 Å². The smallest absolute Gasteiger partial charge is 0.153 e. The lowest BCUT2D eigenvalue weighted by molar-refractivity contribution is 0.986. The van der Waals surface area contributed by atoms with E-state index in [4.69, 9.17) is 0 Å². The molecular formula is C17H13N3S. The first-order valence-electron chi connectivity index (χ1n) is 6.78. The highest BCUT2D eigenvalue weighted by atomic mass is 32.1. The molecular weight excluding hydrogens is 278 g/mol. The Morgan fingerprint density at radius 2 is 1.71 bits per heavy atom. The van der Waals surface area contributed by atoms with E-state index >= 15 is 0 Å². The molecule has 0 amide bonds. The molecule has 4 heteroatoms. The van der Waals surface area contributed by atoms with Crippen LogP contribution in [0.5, 0.6) is 0 Å². The predicted octanol–water partition coefficient (Wildman–Crippen LogP) is 4.90. The molecule has 3 nitrogen and oxygen atoms in total. The van der Waals surface area contributed by atoms with Crippen LogP contribution in [0.4, 0.5) is 11.5 Å². The maximum Gasteiger partial charge on any atom is 0.153 e. The molecule has 0 aliphatic heterocycles. The first kappa shape index (κ1) is 12.3. The molecule has 0 radical (unpaired) electrons. The van der Waals surface area contributed by atoms with Gasteiger partial charge in [-0.2, -0.15) is 5.10 Å². The van der Waals surface area contributed by atoms with Crippen LogP contribution in [0.25, 0.3) is 20.2 Å². The topological polar surface area (TPSA) is 37.8 Å². The Hall–Kier alpha value is -2.46. The maximum absolute atomic E-state index is 4.15. The summed E-state index contributed by atoms with van der Waals surface area (Å²) in [6.45, 7) is 1.93. The SMILES string of the molecule is Cc1ccc(Nc2ccc3sc4ccccc4c3c2)nn1. The second-order valence-corrected chi connectivity index (χ2v) is 6.08. The van der Waals surface area contributed by atoms with E-state index < -0.39 is 0 Å².